The van der Waals surface area contributed by atoms with Gasteiger partial charge in [-0.2, -0.15) is 10.1 Å². The van der Waals surface area contributed by atoms with Crippen molar-refractivity contribution in [2.75, 3.05) is 6.67 Å². The summed E-state index contributed by atoms with van der Waals surface area (Å²) in [7, 11) is 0. The van der Waals surface area contributed by atoms with Gasteiger partial charge in [0.2, 0.25) is 5.84 Å². The summed E-state index contributed by atoms with van der Waals surface area (Å²) in [5.74, 6) is 0.883. The minimum absolute atomic E-state index is 0.325. The van der Waals surface area contributed by atoms with Crippen LogP contribution in [-0.4, -0.2) is 17.6 Å². The third kappa shape index (κ3) is 0.733. The van der Waals surface area contributed by atoms with Crippen LogP contribution in [-0.2, 0) is 0 Å². The summed E-state index contributed by atoms with van der Waals surface area (Å²) in [6, 6.07) is 0. The van der Waals surface area contributed by atoms with Gasteiger partial charge < -0.3 is 0 Å². The van der Waals surface area contributed by atoms with Crippen LogP contribution in [0, 0.1) is 0 Å². The standard InChI is InChI=1S/C6H6FN3/c7-10-3-1-6-8-2-4-9(6)5-10/h1-4H,5H2/p+1. The molecule has 2 heterocycles. The molecule has 1 N–H and O–H groups in total. The summed E-state index contributed by atoms with van der Waals surface area (Å²) in [6.45, 7) is 0.325. The summed E-state index contributed by atoms with van der Waals surface area (Å²) < 4.78 is 12.5. The summed E-state index contributed by atoms with van der Waals surface area (Å²) in [5, 5.41) is 0.643. The minimum atomic E-state index is 0.325. The molecule has 0 spiro atoms. The summed E-state index contributed by atoms with van der Waals surface area (Å²) >= 11 is 0. The summed E-state index contributed by atoms with van der Waals surface area (Å²) in [6.07, 6.45) is 6.56. The highest BCUT2D eigenvalue weighted by atomic mass is 19.2. The fourth-order valence-electron chi connectivity index (χ4n) is 1.03. The lowest BCUT2D eigenvalue weighted by Gasteiger charge is -2.17. The monoisotopic (exact) mass is 140 g/mol. The SMILES string of the molecule is FN1C=CC2=NC=C[NH+]2C1. The number of quaternary nitrogens is 1. The summed E-state index contributed by atoms with van der Waals surface area (Å²) in [4.78, 5) is 4.96. The number of hydrogen-bond donors (Lipinski definition) is 1. The van der Waals surface area contributed by atoms with Crippen LogP contribution < -0.4 is 4.90 Å². The van der Waals surface area contributed by atoms with Gasteiger partial charge in [-0.3, -0.25) is 0 Å². The van der Waals surface area contributed by atoms with Gasteiger partial charge in [-0.05, 0) is 0 Å². The van der Waals surface area contributed by atoms with Gasteiger partial charge >= 0.3 is 0 Å². The second kappa shape index (κ2) is 1.91. The Bertz CT molecular complexity index is 231. The normalized spacial score (nSPS) is 28.7. The third-order valence-corrected chi connectivity index (χ3v) is 1.53. The average molecular weight is 140 g/mol. The number of halogens is 1. The lowest BCUT2D eigenvalue weighted by atomic mass is 10.4. The second-order valence-electron chi connectivity index (χ2n) is 2.23. The van der Waals surface area contributed by atoms with E-state index in [9.17, 15) is 4.48 Å². The Hall–Kier alpha value is -1.16. The first-order valence-corrected chi connectivity index (χ1v) is 3.07. The molecule has 1 atom stereocenters. The van der Waals surface area contributed by atoms with E-state index in [0.717, 1.165) is 10.7 Å². The van der Waals surface area contributed by atoms with Crippen LogP contribution in [0.4, 0.5) is 4.48 Å². The molecule has 0 amide bonds. The maximum absolute atomic E-state index is 12.5. The zero-order chi connectivity index (χ0) is 6.97. The Balaban J connectivity index is 2.27. The van der Waals surface area contributed by atoms with Gasteiger partial charge in [0.25, 0.3) is 0 Å². The van der Waals surface area contributed by atoms with Gasteiger partial charge in [-0.15, -0.1) is 0 Å². The van der Waals surface area contributed by atoms with Crippen LogP contribution >= 0.6 is 0 Å². The first-order valence-electron chi connectivity index (χ1n) is 3.07. The Kier molecular flexibility index (Phi) is 1.07. The lowest BCUT2D eigenvalue weighted by molar-refractivity contribution is -0.763. The molecular weight excluding hydrogens is 133 g/mol. The molecule has 1 unspecified atom stereocenters. The van der Waals surface area contributed by atoms with Crippen molar-refractivity contribution in [3.63, 3.8) is 0 Å². The minimum Gasteiger partial charge on any atom is -0.240 e. The predicted octanol–water partition coefficient (Wildman–Crippen LogP) is -0.574. The number of aliphatic imine (C=N–C) groups is 1. The molecule has 52 valence electrons. The van der Waals surface area contributed by atoms with E-state index >= 15 is 0 Å². The molecule has 0 radical (unpaired) electrons. The molecular formula is C6H7FN3+. The second-order valence-corrected chi connectivity index (χ2v) is 2.23. The van der Waals surface area contributed by atoms with Gasteiger partial charge in [0.15, 0.2) is 6.67 Å². The van der Waals surface area contributed by atoms with Crippen LogP contribution in [0.5, 0.6) is 0 Å². The van der Waals surface area contributed by atoms with Gasteiger partial charge in [0.1, 0.15) is 6.20 Å². The molecule has 10 heavy (non-hydrogen) atoms. The number of rotatable bonds is 0. The molecule has 2 rings (SSSR count). The molecule has 0 fully saturated rings. The third-order valence-electron chi connectivity index (χ3n) is 1.53. The maximum Gasteiger partial charge on any atom is 0.233 e. The first-order chi connectivity index (χ1) is 4.86. The zero-order valence-electron chi connectivity index (χ0n) is 5.29. The zero-order valence-corrected chi connectivity index (χ0v) is 5.29. The smallest absolute Gasteiger partial charge is 0.233 e. The van der Waals surface area contributed by atoms with E-state index < -0.39 is 0 Å². The van der Waals surface area contributed by atoms with Crippen molar-refractivity contribution >= 4 is 5.84 Å². The Morgan fingerprint density at radius 3 is 3.50 bits per heavy atom. The summed E-state index contributed by atoms with van der Waals surface area (Å²) in [5.41, 5.74) is 0. The fourth-order valence-corrected chi connectivity index (χ4v) is 1.03. The predicted molar refractivity (Wildman–Crippen MR) is 34.5 cm³/mol. The average Bonchev–Trinajstić information content (AvgIpc) is 2.33. The lowest BCUT2D eigenvalue weighted by Crippen LogP contribution is -3.11. The van der Waals surface area contributed by atoms with Crippen molar-refractivity contribution in [2.45, 2.75) is 0 Å². The van der Waals surface area contributed by atoms with Crippen LogP contribution in [0.3, 0.4) is 0 Å². The molecule has 0 aromatic heterocycles. The first kappa shape index (κ1) is 5.61. The largest absolute Gasteiger partial charge is 0.240 e. The van der Waals surface area contributed by atoms with Crippen molar-refractivity contribution in [3.05, 3.63) is 24.7 Å². The highest BCUT2D eigenvalue weighted by Crippen LogP contribution is 1.94. The number of amidine groups is 1. The molecule has 0 aromatic carbocycles. The van der Waals surface area contributed by atoms with Crippen molar-refractivity contribution < 1.29 is 9.38 Å². The van der Waals surface area contributed by atoms with Crippen LogP contribution in [0.1, 0.15) is 0 Å². The van der Waals surface area contributed by atoms with Crippen molar-refractivity contribution in [1.82, 2.24) is 5.12 Å². The van der Waals surface area contributed by atoms with E-state index in [1.807, 2.05) is 6.20 Å². The molecule has 2 aliphatic rings. The molecule has 0 aromatic rings. The molecule has 2 aliphatic heterocycles. The van der Waals surface area contributed by atoms with Crippen molar-refractivity contribution in [1.29, 1.82) is 0 Å². The Labute approximate surface area is 57.7 Å². The van der Waals surface area contributed by atoms with E-state index in [1.54, 1.807) is 12.3 Å². The van der Waals surface area contributed by atoms with Crippen molar-refractivity contribution in [3.8, 4) is 0 Å². The van der Waals surface area contributed by atoms with E-state index in [0.29, 0.717) is 11.8 Å². The molecule has 0 aliphatic carbocycles. The number of nitrogens with zero attached hydrogens (tertiary/aromatic N) is 2. The van der Waals surface area contributed by atoms with Crippen LogP contribution in [0.25, 0.3) is 0 Å². The Morgan fingerprint density at radius 1 is 1.70 bits per heavy atom. The highest BCUT2D eigenvalue weighted by molar-refractivity contribution is 5.87. The fraction of sp³-hybridized carbons (Fsp3) is 0.167. The quantitative estimate of drug-likeness (QED) is 0.446. The highest BCUT2D eigenvalue weighted by Gasteiger charge is 2.22. The van der Waals surface area contributed by atoms with Gasteiger partial charge in [0.05, 0.1) is 6.20 Å². The Morgan fingerprint density at radius 2 is 2.60 bits per heavy atom. The van der Waals surface area contributed by atoms with E-state index in [2.05, 4.69) is 4.99 Å². The maximum atomic E-state index is 12.5. The number of fused-ring (bicyclic) bond motifs is 1. The molecule has 4 heteroatoms. The van der Waals surface area contributed by atoms with Gasteiger partial charge in [0, 0.05) is 12.3 Å². The number of hydrogen-bond acceptors (Lipinski definition) is 2. The topological polar surface area (TPSA) is 20.0 Å². The molecule has 0 bridgehead atoms. The number of nitrogens with one attached hydrogen (secondary N) is 1. The van der Waals surface area contributed by atoms with E-state index in [1.165, 1.54) is 6.20 Å². The van der Waals surface area contributed by atoms with Gasteiger partial charge in [-0.1, -0.05) is 4.48 Å². The van der Waals surface area contributed by atoms with E-state index in [4.69, 9.17) is 0 Å². The molecule has 0 saturated heterocycles. The van der Waals surface area contributed by atoms with Crippen LogP contribution in [0.2, 0.25) is 0 Å². The molecule has 3 nitrogen and oxygen atoms in total. The molecule has 0 saturated carbocycles. The van der Waals surface area contributed by atoms with Crippen LogP contribution in [0.15, 0.2) is 29.7 Å². The van der Waals surface area contributed by atoms with Gasteiger partial charge in [-0.25, -0.2) is 4.90 Å². The van der Waals surface area contributed by atoms with E-state index in [-0.39, 0.29) is 0 Å². The van der Waals surface area contributed by atoms with Crippen molar-refractivity contribution in [2.24, 2.45) is 4.99 Å².